The molecule has 3 aromatic heterocycles. The van der Waals surface area contributed by atoms with E-state index in [0.29, 0.717) is 11.3 Å². The number of aromatic nitrogens is 5. The first-order valence-electron chi connectivity index (χ1n) is 8.45. The number of hydrogen-bond donors (Lipinski definition) is 0. The fourth-order valence-corrected chi connectivity index (χ4v) is 3.44. The Bertz CT molecular complexity index is 855. The van der Waals surface area contributed by atoms with Gasteiger partial charge in [0.25, 0.3) is 5.91 Å². The van der Waals surface area contributed by atoms with Crippen LogP contribution in [0, 0.1) is 0 Å². The number of hydrogen-bond acceptors (Lipinski definition) is 4. The zero-order valence-electron chi connectivity index (χ0n) is 14.1. The Balaban J connectivity index is 1.62. The average molecular weight is 336 g/mol. The lowest BCUT2D eigenvalue weighted by Crippen LogP contribution is -2.38. The molecule has 1 fully saturated rings. The summed E-state index contributed by atoms with van der Waals surface area (Å²) in [6.45, 7) is 1.50. The summed E-state index contributed by atoms with van der Waals surface area (Å²) >= 11 is 0. The van der Waals surface area contributed by atoms with Crippen molar-refractivity contribution < 1.29 is 4.79 Å². The molecule has 0 aliphatic carbocycles. The van der Waals surface area contributed by atoms with Crippen molar-refractivity contribution in [3.63, 3.8) is 0 Å². The molecule has 1 unspecified atom stereocenters. The Morgan fingerprint density at radius 3 is 2.88 bits per heavy atom. The van der Waals surface area contributed by atoms with Crippen molar-refractivity contribution in [2.45, 2.75) is 25.4 Å². The number of carbonyl (C=O) groups is 1. The lowest BCUT2D eigenvalue weighted by atomic mass is 10.1. The van der Waals surface area contributed by atoms with Gasteiger partial charge in [0.1, 0.15) is 5.69 Å². The molecule has 1 aliphatic heterocycles. The van der Waals surface area contributed by atoms with Crippen LogP contribution in [0.15, 0.2) is 49.2 Å². The topological polar surface area (TPSA) is 68.8 Å². The second kappa shape index (κ2) is 6.51. The minimum atomic E-state index is 0.0366. The molecule has 0 radical (unpaired) electrons. The SMILES string of the molecule is Cn1cc(C(=O)N2CCCC2Cn2cccn2)c(-c2ccncc2)n1. The van der Waals surface area contributed by atoms with Crippen LogP contribution in [0.5, 0.6) is 0 Å². The number of aryl methyl sites for hydroxylation is 1. The van der Waals surface area contributed by atoms with E-state index >= 15 is 0 Å². The fraction of sp³-hybridized carbons (Fsp3) is 0.333. The zero-order chi connectivity index (χ0) is 17.2. The maximum atomic E-state index is 13.2. The van der Waals surface area contributed by atoms with E-state index in [0.717, 1.165) is 31.5 Å². The second-order valence-corrected chi connectivity index (χ2v) is 6.32. The first-order chi connectivity index (χ1) is 12.2. The van der Waals surface area contributed by atoms with Crippen molar-refractivity contribution in [2.75, 3.05) is 6.54 Å². The molecule has 0 N–H and O–H groups in total. The molecule has 3 aromatic rings. The van der Waals surface area contributed by atoms with Crippen LogP contribution in [0.1, 0.15) is 23.2 Å². The molecular formula is C18H20N6O. The van der Waals surface area contributed by atoms with Gasteiger partial charge in [-0.3, -0.25) is 19.1 Å². The quantitative estimate of drug-likeness (QED) is 0.730. The number of carbonyl (C=O) groups excluding carboxylic acids is 1. The van der Waals surface area contributed by atoms with Crippen molar-refractivity contribution in [1.82, 2.24) is 29.4 Å². The molecule has 1 atom stereocenters. The van der Waals surface area contributed by atoms with E-state index in [-0.39, 0.29) is 11.9 Å². The van der Waals surface area contributed by atoms with Crippen LogP contribution in [0.3, 0.4) is 0 Å². The highest BCUT2D eigenvalue weighted by atomic mass is 16.2. The highest BCUT2D eigenvalue weighted by Crippen LogP contribution is 2.26. The monoisotopic (exact) mass is 336 g/mol. The van der Waals surface area contributed by atoms with E-state index in [1.165, 1.54) is 0 Å². The second-order valence-electron chi connectivity index (χ2n) is 6.32. The van der Waals surface area contributed by atoms with Crippen LogP contribution in [0.25, 0.3) is 11.3 Å². The molecule has 1 saturated heterocycles. The molecule has 128 valence electrons. The van der Waals surface area contributed by atoms with Gasteiger partial charge in [0.05, 0.1) is 18.2 Å². The Morgan fingerprint density at radius 2 is 2.12 bits per heavy atom. The molecule has 0 bridgehead atoms. The van der Waals surface area contributed by atoms with Gasteiger partial charge in [0.15, 0.2) is 0 Å². The van der Waals surface area contributed by atoms with Crippen LogP contribution in [-0.2, 0) is 13.6 Å². The van der Waals surface area contributed by atoms with Gasteiger partial charge in [0, 0.05) is 50.1 Å². The van der Waals surface area contributed by atoms with Gasteiger partial charge in [0.2, 0.25) is 0 Å². The summed E-state index contributed by atoms with van der Waals surface area (Å²) in [5.74, 6) is 0.0366. The predicted molar refractivity (Wildman–Crippen MR) is 92.7 cm³/mol. The number of likely N-dealkylation sites (tertiary alicyclic amines) is 1. The standard InChI is InChI=1S/C18H20N6O/c1-22-13-16(17(21-22)14-5-8-19-9-6-14)18(25)24-11-2-4-15(24)12-23-10-3-7-20-23/h3,5-10,13,15H,2,4,11-12H2,1H3. The van der Waals surface area contributed by atoms with Crippen molar-refractivity contribution in [3.05, 3.63) is 54.7 Å². The van der Waals surface area contributed by atoms with Crippen molar-refractivity contribution >= 4 is 5.91 Å². The number of amides is 1. The zero-order valence-corrected chi connectivity index (χ0v) is 14.1. The van der Waals surface area contributed by atoms with E-state index in [1.807, 2.05) is 41.0 Å². The Kier molecular flexibility index (Phi) is 4.05. The summed E-state index contributed by atoms with van der Waals surface area (Å²) < 4.78 is 3.59. The van der Waals surface area contributed by atoms with Gasteiger partial charge in [-0.1, -0.05) is 0 Å². The molecule has 4 heterocycles. The van der Waals surface area contributed by atoms with E-state index in [1.54, 1.807) is 29.5 Å². The van der Waals surface area contributed by atoms with Crippen LogP contribution in [0.2, 0.25) is 0 Å². The first kappa shape index (κ1) is 15.6. The normalized spacial score (nSPS) is 17.2. The minimum absolute atomic E-state index is 0.0366. The molecule has 0 aromatic carbocycles. The summed E-state index contributed by atoms with van der Waals surface area (Å²) in [4.78, 5) is 19.2. The maximum Gasteiger partial charge on any atom is 0.258 e. The van der Waals surface area contributed by atoms with E-state index < -0.39 is 0 Å². The lowest BCUT2D eigenvalue weighted by molar-refractivity contribution is 0.0722. The van der Waals surface area contributed by atoms with E-state index in [2.05, 4.69) is 15.2 Å². The smallest absolute Gasteiger partial charge is 0.258 e. The summed E-state index contributed by atoms with van der Waals surface area (Å²) in [7, 11) is 1.84. The molecule has 7 nitrogen and oxygen atoms in total. The predicted octanol–water partition coefficient (Wildman–Crippen LogP) is 1.98. The average Bonchev–Trinajstić information content (AvgIpc) is 3.36. The van der Waals surface area contributed by atoms with Gasteiger partial charge in [-0.05, 0) is 31.0 Å². The number of pyridine rings is 1. The van der Waals surface area contributed by atoms with Crippen molar-refractivity contribution in [2.24, 2.45) is 7.05 Å². The summed E-state index contributed by atoms with van der Waals surface area (Å²) in [6, 6.07) is 5.83. The minimum Gasteiger partial charge on any atom is -0.334 e. The molecule has 1 aliphatic rings. The molecule has 7 heteroatoms. The maximum absolute atomic E-state index is 13.2. The van der Waals surface area contributed by atoms with E-state index in [9.17, 15) is 4.79 Å². The first-order valence-corrected chi connectivity index (χ1v) is 8.45. The lowest BCUT2D eigenvalue weighted by Gasteiger charge is -2.24. The van der Waals surface area contributed by atoms with Crippen LogP contribution >= 0.6 is 0 Å². The third-order valence-corrected chi connectivity index (χ3v) is 4.61. The third-order valence-electron chi connectivity index (χ3n) is 4.61. The largest absolute Gasteiger partial charge is 0.334 e. The molecule has 0 saturated carbocycles. The fourth-order valence-electron chi connectivity index (χ4n) is 3.44. The Hall–Kier alpha value is -2.96. The third kappa shape index (κ3) is 3.05. The van der Waals surface area contributed by atoms with Crippen LogP contribution < -0.4 is 0 Å². The van der Waals surface area contributed by atoms with Gasteiger partial charge < -0.3 is 4.90 Å². The molecule has 25 heavy (non-hydrogen) atoms. The molecule has 0 spiro atoms. The van der Waals surface area contributed by atoms with Gasteiger partial charge in [-0.15, -0.1) is 0 Å². The van der Waals surface area contributed by atoms with Gasteiger partial charge >= 0.3 is 0 Å². The van der Waals surface area contributed by atoms with Crippen molar-refractivity contribution in [1.29, 1.82) is 0 Å². The molecule has 1 amide bonds. The Morgan fingerprint density at radius 1 is 1.28 bits per heavy atom. The Labute approximate surface area is 145 Å². The van der Waals surface area contributed by atoms with Crippen LogP contribution in [0.4, 0.5) is 0 Å². The number of nitrogens with zero attached hydrogens (tertiary/aromatic N) is 6. The highest BCUT2D eigenvalue weighted by molar-refractivity contribution is 6.00. The highest BCUT2D eigenvalue weighted by Gasteiger charge is 2.32. The molecule has 4 rings (SSSR count). The summed E-state index contributed by atoms with van der Waals surface area (Å²) in [5.41, 5.74) is 2.25. The molecular weight excluding hydrogens is 316 g/mol. The van der Waals surface area contributed by atoms with Crippen LogP contribution in [-0.4, -0.2) is 47.9 Å². The van der Waals surface area contributed by atoms with Gasteiger partial charge in [-0.25, -0.2) is 0 Å². The van der Waals surface area contributed by atoms with Gasteiger partial charge in [-0.2, -0.15) is 10.2 Å². The van der Waals surface area contributed by atoms with Crippen molar-refractivity contribution in [3.8, 4) is 11.3 Å². The summed E-state index contributed by atoms with van der Waals surface area (Å²) in [6.07, 6.45) is 11.0. The van der Waals surface area contributed by atoms with E-state index in [4.69, 9.17) is 0 Å². The number of rotatable bonds is 4. The summed E-state index contributed by atoms with van der Waals surface area (Å²) in [5, 5.41) is 8.77.